The lowest BCUT2D eigenvalue weighted by atomic mass is 10.2. The van der Waals surface area contributed by atoms with Gasteiger partial charge < -0.3 is 10.1 Å². The van der Waals surface area contributed by atoms with E-state index >= 15 is 0 Å². The molecule has 1 aliphatic heterocycles. The Morgan fingerprint density at radius 1 is 1.85 bits per heavy atom. The molecule has 2 rings (SSSR count). The number of aromatic nitrogens is 2. The Morgan fingerprint density at radius 2 is 2.69 bits per heavy atom. The third kappa shape index (κ3) is 1.31. The third-order valence-corrected chi connectivity index (χ3v) is 2.11. The first-order valence-corrected chi connectivity index (χ1v) is 4.13. The maximum Gasteiger partial charge on any atom is 0.269 e. The number of fused-ring (bicyclic) bond motifs is 1. The molecule has 0 aliphatic carbocycles. The summed E-state index contributed by atoms with van der Waals surface area (Å²) in [5, 5.41) is 6.86. The van der Waals surface area contributed by atoms with Crippen LogP contribution in [0.1, 0.15) is 16.5 Å². The second-order valence-electron chi connectivity index (χ2n) is 2.98. The third-order valence-electron chi connectivity index (χ3n) is 2.11. The number of methoxy groups -OCH3 is 1. The molecule has 1 aliphatic rings. The predicted molar refractivity (Wildman–Crippen MR) is 45.5 cm³/mol. The smallest absolute Gasteiger partial charge is 0.269 e. The van der Waals surface area contributed by atoms with Gasteiger partial charge in [0.15, 0.2) is 0 Å². The van der Waals surface area contributed by atoms with Crippen molar-refractivity contribution in [3.05, 3.63) is 18.0 Å². The molecule has 0 unspecified atom stereocenters. The number of ether oxygens (including phenoxy) is 1. The summed E-state index contributed by atoms with van der Waals surface area (Å²) in [6.07, 6.45) is 1.63. The van der Waals surface area contributed by atoms with Crippen LogP contribution in [0.5, 0.6) is 0 Å². The predicted octanol–water partition coefficient (Wildman–Crippen LogP) is -0.186. The number of nitrogens with one attached hydrogen (secondary N) is 1. The highest BCUT2D eigenvalue weighted by Crippen LogP contribution is 2.13. The van der Waals surface area contributed by atoms with Crippen LogP contribution >= 0.6 is 0 Å². The van der Waals surface area contributed by atoms with Gasteiger partial charge in [-0.1, -0.05) is 0 Å². The van der Waals surface area contributed by atoms with Gasteiger partial charge in [-0.25, -0.2) is 0 Å². The zero-order valence-electron chi connectivity index (χ0n) is 7.36. The van der Waals surface area contributed by atoms with E-state index in [1.807, 2.05) is 0 Å². The Kier molecular flexibility index (Phi) is 2.02. The van der Waals surface area contributed by atoms with Crippen LogP contribution in [0.4, 0.5) is 0 Å². The van der Waals surface area contributed by atoms with Gasteiger partial charge in [-0.05, 0) is 6.07 Å². The van der Waals surface area contributed by atoms with Gasteiger partial charge in [-0.3, -0.25) is 9.48 Å². The molecule has 13 heavy (non-hydrogen) atoms. The van der Waals surface area contributed by atoms with Crippen molar-refractivity contribution in [2.75, 3.05) is 20.3 Å². The average molecular weight is 181 g/mol. The standard InChI is InChI=1S/C8H11N3O2/c1-13-5-6-4-9-8(12)7-2-3-10-11(6)7/h2-3,6H,4-5H2,1H3,(H,9,12)/t6-/m1/s1. The molecule has 1 atom stereocenters. The molecule has 1 amide bonds. The van der Waals surface area contributed by atoms with Gasteiger partial charge in [-0.15, -0.1) is 0 Å². The number of carbonyl (C=O) groups excluding carboxylic acids is 1. The molecule has 0 spiro atoms. The minimum Gasteiger partial charge on any atom is -0.382 e. The van der Waals surface area contributed by atoms with E-state index in [0.29, 0.717) is 18.8 Å². The maximum absolute atomic E-state index is 11.3. The van der Waals surface area contributed by atoms with E-state index in [1.165, 1.54) is 0 Å². The Hall–Kier alpha value is -1.36. The van der Waals surface area contributed by atoms with E-state index in [2.05, 4.69) is 10.4 Å². The highest BCUT2D eigenvalue weighted by molar-refractivity contribution is 5.93. The van der Waals surface area contributed by atoms with Gasteiger partial charge in [-0.2, -0.15) is 5.10 Å². The molecule has 5 nitrogen and oxygen atoms in total. The lowest BCUT2D eigenvalue weighted by molar-refractivity contribution is 0.0861. The molecule has 0 radical (unpaired) electrons. The minimum atomic E-state index is -0.0650. The Labute approximate surface area is 75.7 Å². The molecule has 1 aromatic rings. The summed E-state index contributed by atoms with van der Waals surface area (Å²) in [7, 11) is 1.64. The fourth-order valence-corrected chi connectivity index (χ4v) is 1.49. The molecule has 0 saturated carbocycles. The molecule has 0 saturated heterocycles. The van der Waals surface area contributed by atoms with Gasteiger partial charge in [0.25, 0.3) is 5.91 Å². The zero-order chi connectivity index (χ0) is 9.26. The lowest BCUT2D eigenvalue weighted by Gasteiger charge is -2.23. The number of rotatable bonds is 2. The second kappa shape index (κ2) is 3.18. The van der Waals surface area contributed by atoms with Crippen LogP contribution in [-0.4, -0.2) is 35.9 Å². The SMILES string of the molecule is COC[C@H]1CNC(=O)c2ccnn21. The second-order valence-corrected chi connectivity index (χ2v) is 2.98. The summed E-state index contributed by atoms with van der Waals surface area (Å²) >= 11 is 0. The van der Waals surface area contributed by atoms with Crippen LogP contribution in [0, 0.1) is 0 Å². The van der Waals surface area contributed by atoms with Crippen molar-refractivity contribution in [1.29, 1.82) is 0 Å². The zero-order valence-corrected chi connectivity index (χ0v) is 7.36. The lowest BCUT2D eigenvalue weighted by Crippen LogP contribution is -2.40. The minimum absolute atomic E-state index is 0.0650. The van der Waals surface area contributed by atoms with Crippen molar-refractivity contribution in [3.63, 3.8) is 0 Å². The summed E-state index contributed by atoms with van der Waals surface area (Å²) < 4.78 is 6.74. The van der Waals surface area contributed by atoms with Gasteiger partial charge in [0.1, 0.15) is 5.69 Å². The van der Waals surface area contributed by atoms with Crippen LogP contribution in [0.25, 0.3) is 0 Å². The van der Waals surface area contributed by atoms with Crippen molar-refractivity contribution in [3.8, 4) is 0 Å². The first-order chi connectivity index (χ1) is 6.33. The van der Waals surface area contributed by atoms with Crippen LogP contribution < -0.4 is 5.32 Å². The van der Waals surface area contributed by atoms with Crippen LogP contribution in [-0.2, 0) is 4.74 Å². The number of nitrogens with zero attached hydrogens (tertiary/aromatic N) is 2. The summed E-state index contributed by atoms with van der Waals surface area (Å²) in [6.45, 7) is 1.15. The summed E-state index contributed by atoms with van der Waals surface area (Å²) in [5.74, 6) is -0.0650. The van der Waals surface area contributed by atoms with Crippen LogP contribution in [0.15, 0.2) is 12.3 Å². The largest absolute Gasteiger partial charge is 0.382 e. The molecular formula is C8H11N3O2. The molecule has 2 heterocycles. The summed E-state index contributed by atoms with van der Waals surface area (Å²) in [5.41, 5.74) is 0.605. The molecule has 0 fully saturated rings. The monoisotopic (exact) mass is 181 g/mol. The van der Waals surface area contributed by atoms with Gasteiger partial charge >= 0.3 is 0 Å². The van der Waals surface area contributed by atoms with Crippen molar-refractivity contribution >= 4 is 5.91 Å². The van der Waals surface area contributed by atoms with Crippen molar-refractivity contribution in [1.82, 2.24) is 15.1 Å². The number of amides is 1. The number of carbonyl (C=O) groups is 1. The van der Waals surface area contributed by atoms with E-state index in [1.54, 1.807) is 24.1 Å². The first-order valence-electron chi connectivity index (χ1n) is 4.13. The topological polar surface area (TPSA) is 56.1 Å². The molecule has 70 valence electrons. The van der Waals surface area contributed by atoms with E-state index in [0.717, 1.165) is 0 Å². The van der Waals surface area contributed by atoms with E-state index in [9.17, 15) is 4.79 Å². The average Bonchev–Trinajstić information content (AvgIpc) is 2.59. The van der Waals surface area contributed by atoms with Crippen molar-refractivity contribution < 1.29 is 9.53 Å². The van der Waals surface area contributed by atoms with Crippen LogP contribution in [0.2, 0.25) is 0 Å². The Bertz CT molecular complexity index is 321. The molecule has 0 aromatic carbocycles. The van der Waals surface area contributed by atoms with Crippen LogP contribution in [0.3, 0.4) is 0 Å². The quantitative estimate of drug-likeness (QED) is 0.688. The normalized spacial score (nSPS) is 21.0. The maximum atomic E-state index is 11.3. The fraction of sp³-hybridized carbons (Fsp3) is 0.500. The van der Waals surface area contributed by atoms with E-state index in [4.69, 9.17) is 4.74 Å². The molecule has 5 heteroatoms. The van der Waals surface area contributed by atoms with E-state index < -0.39 is 0 Å². The molecular weight excluding hydrogens is 170 g/mol. The molecule has 1 N–H and O–H groups in total. The molecule has 0 bridgehead atoms. The highest BCUT2D eigenvalue weighted by atomic mass is 16.5. The molecule has 1 aromatic heterocycles. The fourth-order valence-electron chi connectivity index (χ4n) is 1.49. The highest BCUT2D eigenvalue weighted by Gasteiger charge is 2.24. The van der Waals surface area contributed by atoms with E-state index in [-0.39, 0.29) is 11.9 Å². The van der Waals surface area contributed by atoms with Crippen molar-refractivity contribution in [2.24, 2.45) is 0 Å². The number of hydrogen-bond donors (Lipinski definition) is 1. The Morgan fingerprint density at radius 3 is 3.46 bits per heavy atom. The number of hydrogen-bond acceptors (Lipinski definition) is 3. The summed E-state index contributed by atoms with van der Waals surface area (Å²) in [4.78, 5) is 11.3. The first kappa shape index (κ1) is 8.25. The summed E-state index contributed by atoms with van der Waals surface area (Å²) in [6, 6.07) is 1.82. The van der Waals surface area contributed by atoms with Gasteiger partial charge in [0.05, 0.1) is 12.6 Å². The van der Waals surface area contributed by atoms with Crippen molar-refractivity contribution in [2.45, 2.75) is 6.04 Å². The Balaban J connectivity index is 2.30. The van der Waals surface area contributed by atoms with Gasteiger partial charge in [0.2, 0.25) is 0 Å². The van der Waals surface area contributed by atoms with Gasteiger partial charge in [0, 0.05) is 19.9 Å².